The monoisotopic (exact) mass is 254 g/mol. The molecule has 0 aromatic carbocycles. The van der Waals surface area contributed by atoms with Gasteiger partial charge in [0.15, 0.2) is 0 Å². The van der Waals surface area contributed by atoms with Crippen molar-refractivity contribution in [2.24, 2.45) is 0 Å². The van der Waals surface area contributed by atoms with Gasteiger partial charge in [0.2, 0.25) is 0 Å². The van der Waals surface area contributed by atoms with Crippen LogP contribution in [0.3, 0.4) is 0 Å². The summed E-state index contributed by atoms with van der Waals surface area (Å²) < 4.78 is 5.51. The van der Waals surface area contributed by atoms with Crippen LogP contribution in [0.15, 0.2) is 0 Å². The van der Waals surface area contributed by atoms with Crippen molar-refractivity contribution in [1.29, 1.82) is 0 Å². The Kier molecular flexibility index (Phi) is 5.46. The fourth-order valence-corrected chi connectivity index (χ4v) is 3.82. The fraction of sp³-hybridized carbons (Fsp3) is 1.00. The fourth-order valence-electron chi connectivity index (χ4n) is 3.82. The summed E-state index contributed by atoms with van der Waals surface area (Å²) in [5.74, 6) is 0. The summed E-state index contributed by atoms with van der Waals surface area (Å²) in [6.07, 6.45) is 9.41. The molecule has 2 fully saturated rings. The number of methoxy groups -OCH3 is 1. The third-order valence-electron chi connectivity index (χ3n) is 4.78. The van der Waals surface area contributed by atoms with Gasteiger partial charge in [0.25, 0.3) is 0 Å². The smallest absolute Gasteiger partial charge is 0.0645 e. The molecule has 2 aliphatic heterocycles. The molecule has 106 valence electrons. The lowest BCUT2D eigenvalue weighted by Crippen LogP contribution is -2.56. The van der Waals surface area contributed by atoms with Crippen molar-refractivity contribution in [3.8, 4) is 0 Å². The largest absolute Gasteiger partial charge is 0.383 e. The number of nitrogens with zero attached hydrogens (tertiary/aromatic N) is 1. The molecule has 0 amide bonds. The Hall–Kier alpha value is -0.120. The SMILES string of the molecule is CCN1CCCCC1CC1(COC)CCCCN1. The number of nitrogens with one attached hydrogen (secondary N) is 1. The molecule has 0 radical (unpaired) electrons. The number of likely N-dealkylation sites (tertiary alicyclic amines) is 1. The standard InChI is InChI=1S/C15H30N2O/c1-3-17-11-7-4-8-14(17)12-15(13-18-2)9-5-6-10-16-15/h14,16H,3-13H2,1-2H3. The van der Waals surface area contributed by atoms with Crippen LogP contribution in [0.2, 0.25) is 0 Å². The van der Waals surface area contributed by atoms with E-state index in [2.05, 4.69) is 17.1 Å². The Morgan fingerprint density at radius 3 is 2.83 bits per heavy atom. The van der Waals surface area contributed by atoms with E-state index >= 15 is 0 Å². The first-order chi connectivity index (χ1) is 8.79. The van der Waals surface area contributed by atoms with Crippen molar-refractivity contribution >= 4 is 0 Å². The van der Waals surface area contributed by atoms with Gasteiger partial charge >= 0.3 is 0 Å². The third kappa shape index (κ3) is 3.46. The summed E-state index contributed by atoms with van der Waals surface area (Å²) in [5, 5.41) is 3.77. The minimum absolute atomic E-state index is 0.252. The van der Waals surface area contributed by atoms with Gasteiger partial charge in [-0.05, 0) is 51.7 Å². The van der Waals surface area contributed by atoms with E-state index < -0.39 is 0 Å². The second-order valence-electron chi connectivity index (χ2n) is 6.08. The Morgan fingerprint density at radius 2 is 2.17 bits per heavy atom. The zero-order valence-electron chi connectivity index (χ0n) is 12.2. The van der Waals surface area contributed by atoms with Crippen LogP contribution in [0.25, 0.3) is 0 Å². The molecular formula is C15H30N2O. The third-order valence-corrected chi connectivity index (χ3v) is 4.78. The predicted molar refractivity (Wildman–Crippen MR) is 76.0 cm³/mol. The van der Waals surface area contributed by atoms with Crippen molar-refractivity contribution in [3.05, 3.63) is 0 Å². The maximum atomic E-state index is 5.51. The zero-order valence-corrected chi connectivity index (χ0v) is 12.2. The Balaban J connectivity index is 1.98. The van der Waals surface area contributed by atoms with Gasteiger partial charge in [-0.1, -0.05) is 19.8 Å². The van der Waals surface area contributed by atoms with Gasteiger partial charge < -0.3 is 15.0 Å². The second kappa shape index (κ2) is 6.88. The van der Waals surface area contributed by atoms with Crippen molar-refractivity contribution in [1.82, 2.24) is 10.2 Å². The lowest BCUT2D eigenvalue weighted by Gasteiger charge is -2.44. The molecule has 2 saturated heterocycles. The molecule has 0 aromatic rings. The van der Waals surface area contributed by atoms with Gasteiger partial charge in [0, 0.05) is 18.7 Å². The first-order valence-electron chi connectivity index (χ1n) is 7.78. The quantitative estimate of drug-likeness (QED) is 0.815. The van der Waals surface area contributed by atoms with Crippen LogP contribution in [-0.2, 0) is 4.74 Å². The molecular weight excluding hydrogens is 224 g/mol. The average molecular weight is 254 g/mol. The molecule has 3 heteroatoms. The van der Waals surface area contributed by atoms with E-state index in [0.29, 0.717) is 0 Å². The molecule has 3 nitrogen and oxygen atoms in total. The maximum Gasteiger partial charge on any atom is 0.0645 e. The Bertz CT molecular complexity index is 233. The predicted octanol–water partition coefficient (Wildman–Crippen LogP) is 2.41. The van der Waals surface area contributed by atoms with Crippen LogP contribution in [-0.4, -0.2) is 49.8 Å². The average Bonchev–Trinajstić information content (AvgIpc) is 2.40. The highest BCUT2D eigenvalue weighted by atomic mass is 16.5. The molecule has 1 N–H and O–H groups in total. The van der Waals surface area contributed by atoms with E-state index in [0.717, 1.165) is 12.6 Å². The molecule has 0 spiro atoms. The minimum Gasteiger partial charge on any atom is -0.383 e. The summed E-state index contributed by atoms with van der Waals surface area (Å²) in [7, 11) is 1.84. The summed E-state index contributed by atoms with van der Waals surface area (Å²) in [6.45, 7) is 6.84. The maximum absolute atomic E-state index is 5.51. The molecule has 2 rings (SSSR count). The van der Waals surface area contributed by atoms with Crippen LogP contribution in [0.5, 0.6) is 0 Å². The van der Waals surface area contributed by atoms with Crippen LogP contribution in [0.4, 0.5) is 0 Å². The molecule has 2 aliphatic rings. The molecule has 2 atom stereocenters. The highest BCUT2D eigenvalue weighted by Gasteiger charge is 2.36. The lowest BCUT2D eigenvalue weighted by molar-refractivity contribution is 0.0455. The normalized spacial score (nSPS) is 34.7. The molecule has 2 unspecified atom stereocenters. The van der Waals surface area contributed by atoms with Crippen LogP contribution < -0.4 is 5.32 Å². The zero-order chi connectivity index (χ0) is 12.8. The first-order valence-corrected chi connectivity index (χ1v) is 7.78. The van der Waals surface area contributed by atoms with Gasteiger partial charge in [-0.15, -0.1) is 0 Å². The topological polar surface area (TPSA) is 24.5 Å². The summed E-state index contributed by atoms with van der Waals surface area (Å²) in [4.78, 5) is 2.68. The van der Waals surface area contributed by atoms with E-state index in [1.165, 1.54) is 64.6 Å². The van der Waals surface area contributed by atoms with Crippen molar-refractivity contribution in [2.75, 3.05) is 33.4 Å². The van der Waals surface area contributed by atoms with Gasteiger partial charge in [0.05, 0.1) is 6.61 Å². The number of rotatable bonds is 5. The van der Waals surface area contributed by atoms with E-state index in [1.54, 1.807) is 0 Å². The van der Waals surface area contributed by atoms with Gasteiger partial charge in [-0.2, -0.15) is 0 Å². The van der Waals surface area contributed by atoms with E-state index in [-0.39, 0.29) is 5.54 Å². The molecule has 0 saturated carbocycles. The number of hydrogen-bond acceptors (Lipinski definition) is 3. The van der Waals surface area contributed by atoms with E-state index in [1.807, 2.05) is 7.11 Å². The van der Waals surface area contributed by atoms with Crippen LogP contribution in [0.1, 0.15) is 51.9 Å². The van der Waals surface area contributed by atoms with E-state index in [9.17, 15) is 0 Å². The lowest BCUT2D eigenvalue weighted by atomic mass is 9.81. The Morgan fingerprint density at radius 1 is 1.28 bits per heavy atom. The van der Waals surface area contributed by atoms with Gasteiger partial charge in [-0.25, -0.2) is 0 Å². The van der Waals surface area contributed by atoms with Gasteiger partial charge in [0.1, 0.15) is 0 Å². The number of ether oxygens (including phenoxy) is 1. The number of piperidine rings is 2. The highest BCUT2D eigenvalue weighted by molar-refractivity contribution is 4.95. The molecule has 18 heavy (non-hydrogen) atoms. The highest BCUT2D eigenvalue weighted by Crippen LogP contribution is 2.30. The molecule has 0 aromatic heterocycles. The second-order valence-corrected chi connectivity index (χ2v) is 6.08. The minimum atomic E-state index is 0.252. The Labute approximate surface area is 112 Å². The molecule has 0 bridgehead atoms. The van der Waals surface area contributed by atoms with Crippen molar-refractivity contribution in [3.63, 3.8) is 0 Å². The van der Waals surface area contributed by atoms with E-state index in [4.69, 9.17) is 4.74 Å². The number of hydrogen-bond donors (Lipinski definition) is 1. The van der Waals surface area contributed by atoms with Crippen LogP contribution >= 0.6 is 0 Å². The van der Waals surface area contributed by atoms with Crippen LogP contribution in [0, 0.1) is 0 Å². The summed E-state index contributed by atoms with van der Waals surface area (Å²) >= 11 is 0. The summed E-state index contributed by atoms with van der Waals surface area (Å²) in [6, 6.07) is 0.768. The first kappa shape index (κ1) is 14.3. The summed E-state index contributed by atoms with van der Waals surface area (Å²) in [5.41, 5.74) is 0.252. The molecule has 0 aliphatic carbocycles. The van der Waals surface area contributed by atoms with Crippen molar-refractivity contribution < 1.29 is 4.74 Å². The van der Waals surface area contributed by atoms with Gasteiger partial charge in [-0.3, -0.25) is 0 Å². The van der Waals surface area contributed by atoms with Crippen molar-refractivity contribution in [2.45, 2.75) is 63.5 Å². The molecule has 2 heterocycles.